The molecule has 122 valence electrons. The molecule has 0 atom stereocenters. The second-order valence-corrected chi connectivity index (χ2v) is 5.30. The van der Waals surface area contributed by atoms with Gasteiger partial charge in [-0.1, -0.05) is 30.3 Å². The zero-order valence-electron chi connectivity index (χ0n) is 12.7. The minimum absolute atomic E-state index is 0. The molecular formula is C16H24ClN3O2. The van der Waals surface area contributed by atoms with E-state index in [1.54, 1.807) is 4.90 Å². The molecule has 1 saturated heterocycles. The first-order chi connectivity index (χ1) is 10.2. The van der Waals surface area contributed by atoms with Crippen LogP contribution in [0.1, 0.15) is 18.4 Å². The van der Waals surface area contributed by atoms with Crippen molar-refractivity contribution in [1.29, 1.82) is 0 Å². The van der Waals surface area contributed by atoms with Crippen LogP contribution in [-0.4, -0.2) is 54.3 Å². The van der Waals surface area contributed by atoms with Gasteiger partial charge in [-0.05, 0) is 18.4 Å². The number of nitrogens with zero attached hydrogens (tertiary/aromatic N) is 2. The lowest BCUT2D eigenvalue weighted by Gasteiger charge is -2.22. The molecule has 1 heterocycles. The number of aryl methyl sites for hydroxylation is 1. The minimum Gasteiger partial charge on any atom is -0.341 e. The van der Waals surface area contributed by atoms with Gasteiger partial charge in [0.2, 0.25) is 11.8 Å². The Bertz CT molecular complexity index is 482. The Morgan fingerprint density at radius 1 is 0.955 bits per heavy atom. The summed E-state index contributed by atoms with van der Waals surface area (Å²) in [5, 5.41) is 0. The molecule has 0 aliphatic carbocycles. The topological polar surface area (TPSA) is 66.6 Å². The number of carbonyl (C=O) groups excluding carboxylic acids is 2. The Morgan fingerprint density at radius 3 is 2.14 bits per heavy atom. The summed E-state index contributed by atoms with van der Waals surface area (Å²) in [5.41, 5.74) is 6.57. The van der Waals surface area contributed by atoms with Crippen LogP contribution in [-0.2, 0) is 16.0 Å². The maximum absolute atomic E-state index is 12.3. The van der Waals surface area contributed by atoms with Gasteiger partial charge in [0.05, 0.1) is 6.54 Å². The third-order valence-corrected chi connectivity index (χ3v) is 3.85. The predicted octanol–water partition coefficient (Wildman–Crippen LogP) is 1.06. The Labute approximate surface area is 137 Å². The number of hydrogen-bond acceptors (Lipinski definition) is 3. The van der Waals surface area contributed by atoms with E-state index in [-0.39, 0.29) is 30.8 Å². The number of carbonyl (C=O) groups is 2. The first-order valence-corrected chi connectivity index (χ1v) is 7.50. The average Bonchev–Trinajstić information content (AvgIpc) is 2.79. The number of rotatable bonds is 4. The molecule has 0 radical (unpaired) electrons. The standard InChI is InChI=1S/C16H23N3O2.ClH/c17-13-16(21)19-10-4-9-18(11-12-19)15(20)8-7-14-5-2-1-3-6-14;/h1-3,5-6H,4,7-13,17H2;1H. The van der Waals surface area contributed by atoms with Crippen LogP contribution < -0.4 is 5.73 Å². The number of amides is 2. The van der Waals surface area contributed by atoms with Crippen molar-refractivity contribution in [3.63, 3.8) is 0 Å². The molecule has 2 amide bonds. The van der Waals surface area contributed by atoms with Gasteiger partial charge in [-0.25, -0.2) is 0 Å². The molecule has 6 heteroatoms. The zero-order valence-corrected chi connectivity index (χ0v) is 13.6. The van der Waals surface area contributed by atoms with Crippen LogP contribution in [0.5, 0.6) is 0 Å². The van der Waals surface area contributed by atoms with Crippen LogP contribution in [0.15, 0.2) is 30.3 Å². The SMILES string of the molecule is Cl.NCC(=O)N1CCCN(C(=O)CCc2ccccc2)CC1. The van der Waals surface area contributed by atoms with E-state index in [1.807, 2.05) is 35.2 Å². The van der Waals surface area contributed by atoms with Crippen molar-refractivity contribution in [2.75, 3.05) is 32.7 Å². The molecule has 0 unspecified atom stereocenters. The fourth-order valence-electron chi connectivity index (χ4n) is 2.60. The molecule has 0 aromatic heterocycles. The summed E-state index contributed by atoms with van der Waals surface area (Å²) in [6.45, 7) is 2.66. The van der Waals surface area contributed by atoms with Crippen molar-refractivity contribution in [2.24, 2.45) is 5.73 Å². The van der Waals surface area contributed by atoms with E-state index < -0.39 is 0 Å². The highest BCUT2D eigenvalue weighted by Gasteiger charge is 2.20. The highest BCUT2D eigenvalue weighted by atomic mass is 35.5. The fourth-order valence-corrected chi connectivity index (χ4v) is 2.60. The summed E-state index contributed by atoms with van der Waals surface area (Å²) >= 11 is 0. The van der Waals surface area contributed by atoms with Crippen molar-refractivity contribution in [2.45, 2.75) is 19.3 Å². The smallest absolute Gasteiger partial charge is 0.236 e. The van der Waals surface area contributed by atoms with Gasteiger partial charge in [-0.15, -0.1) is 12.4 Å². The third kappa shape index (κ3) is 5.31. The highest BCUT2D eigenvalue weighted by molar-refractivity contribution is 5.85. The van der Waals surface area contributed by atoms with Gasteiger partial charge in [0, 0.05) is 32.6 Å². The van der Waals surface area contributed by atoms with Gasteiger partial charge in [-0.2, -0.15) is 0 Å². The maximum Gasteiger partial charge on any atom is 0.236 e. The predicted molar refractivity (Wildman–Crippen MR) is 88.8 cm³/mol. The number of nitrogens with two attached hydrogens (primary N) is 1. The van der Waals surface area contributed by atoms with Gasteiger partial charge in [-0.3, -0.25) is 9.59 Å². The van der Waals surface area contributed by atoms with Gasteiger partial charge in [0.1, 0.15) is 0 Å². The Balaban J connectivity index is 0.00000242. The van der Waals surface area contributed by atoms with Crippen molar-refractivity contribution in [3.8, 4) is 0 Å². The molecule has 0 bridgehead atoms. The quantitative estimate of drug-likeness (QED) is 0.900. The van der Waals surface area contributed by atoms with E-state index in [0.717, 1.165) is 19.4 Å². The molecular weight excluding hydrogens is 302 g/mol. The number of benzene rings is 1. The Morgan fingerprint density at radius 2 is 1.55 bits per heavy atom. The number of halogens is 1. The lowest BCUT2D eigenvalue weighted by molar-refractivity contribution is -0.132. The largest absolute Gasteiger partial charge is 0.341 e. The molecule has 1 aromatic rings. The zero-order chi connectivity index (χ0) is 15.1. The van der Waals surface area contributed by atoms with E-state index in [0.29, 0.717) is 26.1 Å². The molecule has 0 saturated carbocycles. The summed E-state index contributed by atoms with van der Waals surface area (Å²) in [7, 11) is 0. The molecule has 1 aromatic carbocycles. The van der Waals surface area contributed by atoms with E-state index >= 15 is 0 Å². The van der Waals surface area contributed by atoms with Gasteiger partial charge in [0.25, 0.3) is 0 Å². The normalized spacial score (nSPS) is 15.0. The third-order valence-electron chi connectivity index (χ3n) is 3.85. The van der Waals surface area contributed by atoms with Gasteiger partial charge < -0.3 is 15.5 Å². The van der Waals surface area contributed by atoms with Crippen LogP contribution in [0.2, 0.25) is 0 Å². The van der Waals surface area contributed by atoms with Gasteiger partial charge in [0.15, 0.2) is 0 Å². The molecule has 1 aliphatic heterocycles. The lowest BCUT2D eigenvalue weighted by Crippen LogP contribution is -2.39. The van der Waals surface area contributed by atoms with Crippen LogP contribution in [0.4, 0.5) is 0 Å². The lowest BCUT2D eigenvalue weighted by atomic mass is 10.1. The van der Waals surface area contributed by atoms with Crippen molar-refractivity contribution in [1.82, 2.24) is 9.80 Å². The molecule has 1 fully saturated rings. The molecule has 22 heavy (non-hydrogen) atoms. The van der Waals surface area contributed by atoms with E-state index in [9.17, 15) is 9.59 Å². The van der Waals surface area contributed by atoms with Gasteiger partial charge >= 0.3 is 0 Å². The van der Waals surface area contributed by atoms with Crippen LogP contribution in [0.3, 0.4) is 0 Å². The first-order valence-electron chi connectivity index (χ1n) is 7.50. The average molecular weight is 326 g/mol. The number of hydrogen-bond donors (Lipinski definition) is 1. The molecule has 2 N–H and O–H groups in total. The first kappa shape index (κ1) is 18.5. The Kier molecular flexibility index (Phi) is 7.91. The van der Waals surface area contributed by atoms with E-state index in [4.69, 9.17) is 5.73 Å². The minimum atomic E-state index is -0.0337. The van der Waals surface area contributed by atoms with Crippen molar-refractivity contribution >= 4 is 24.2 Å². The van der Waals surface area contributed by atoms with Crippen molar-refractivity contribution < 1.29 is 9.59 Å². The highest BCUT2D eigenvalue weighted by Crippen LogP contribution is 2.08. The Hall–Kier alpha value is -1.59. The van der Waals surface area contributed by atoms with Crippen LogP contribution >= 0.6 is 12.4 Å². The molecule has 2 rings (SSSR count). The van der Waals surface area contributed by atoms with Crippen LogP contribution in [0, 0.1) is 0 Å². The monoisotopic (exact) mass is 325 g/mol. The fraction of sp³-hybridized carbons (Fsp3) is 0.500. The summed E-state index contributed by atoms with van der Waals surface area (Å²) in [6.07, 6.45) is 2.11. The molecule has 5 nitrogen and oxygen atoms in total. The molecule has 0 spiro atoms. The van der Waals surface area contributed by atoms with Crippen LogP contribution in [0.25, 0.3) is 0 Å². The summed E-state index contributed by atoms with van der Waals surface area (Å²) in [5.74, 6) is 0.134. The second kappa shape index (κ2) is 9.43. The van der Waals surface area contributed by atoms with E-state index in [2.05, 4.69) is 0 Å². The second-order valence-electron chi connectivity index (χ2n) is 5.30. The summed E-state index contributed by atoms with van der Waals surface area (Å²) in [4.78, 5) is 27.5. The maximum atomic E-state index is 12.3. The van der Waals surface area contributed by atoms with Crippen molar-refractivity contribution in [3.05, 3.63) is 35.9 Å². The summed E-state index contributed by atoms with van der Waals surface area (Å²) < 4.78 is 0. The van der Waals surface area contributed by atoms with E-state index in [1.165, 1.54) is 5.56 Å². The molecule has 1 aliphatic rings. The summed E-state index contributed by atoms with van der Waals surface area (Å²) in [6, 6.07) is 10.0.